The summed E-state index contributed by atoms with van der Waals surface area (Å²) in [6, 6.07) is 0. The lowest BCUT2D eigenvalue weighted by atomic mass is 10.2. The largest absolute Gasteiger partial charge is 0.274 e. The predicted molar refractivity (Wildman–Crippen MR) is 62.4 cm³/mol. The molecule has 14 heavy (non-hydrogen) atoms. The minimum atomic E-state index is -0.0422. The molecule has 1 fully saturated rings. The fourth-order valence-corrected chi connectivity index (χ4v) is 4.04. The topological polar surface area (TPSA) is 41.5 Å². The molecule has 0 atom stereocenters. The number of rotatable bonds is 0. The molecular weight excluding hydrogens is 216 g/mol. The molecule has 2 aliphatic rings. The fraction of sp³-hybridized carbons (Fsp3) is 0.556. The minimum Gasteiger partial charge on any atom is -0.267 e. The Morgan fingerprint density at radius 3 is 2.43 bits per heavy atom. The van der Waals surface area contributed by atoms with Crippen molar-refractivity contribution in [2.75, 3.05) is 11.5 Å². The summed E-state index contributed by atoms with van der Waals surface area (Å²) in [6.07, 6.45) is 2.48. The molecule has 2 rings (SSSR count). The van der Waals surface area contributed by atoms with Crippen molar-refractivity contribution in [3.05, 3.63) is 9.81 Å². The summed E-state index contributed by atoms with van der Waals surface area (Å²) in [5.41, 5.74) is 4.12. The van der Waals surface area contributed by atoms with Gasteiger partial charge in [-0.1, -0.05) is 0 Å². The van der Waals surface area contributed by atoms with E-state index in [0.29, 0.717) is 0 Å². The van der Waals surface area contributed by atoms with E-state index < -0.39 is 0 Å². The van der Waals surface area contributed by atoms with Gasteiger partial charge in [0.2, 0.25) is 0 Å². The molecule has 1 saturated heterocycles. The van der Waals surface area contributed by atoms with Gasteiger partial charge in [0.05, 0.1) is 15.5 Å². The molecule has 0 aliphatic carbocycles. The van der Waals surface area contributed by atoms with E-state index in [9.17, 15) is 4.79 Å². The van der Waals surface area contributed by atoms with Crippen LogP contribution in [-0.4, -0.2) is 23.1 Å². The van der Waals surface area contributed by atoms with Crippen molar-refractivity contribution >= 4 is 35.1 Å². The molecule has 1 N–H and O–H groups in total. The van der Waals surface area contributed by atoms with Crippen LogP contribution in [0.3, 0.4) is 0 Å². The maximum absolute atomic E-state index is 11.5. The first kappa shape index (κ1) is 10.1. The van der Waals surface area contributed by atoms with Gasteiger partial charge in [-0.3, -0.25) is 4.79 Å². The summed E-state index contributed by atoms with van der Waals surface area (Å²) >= 11 is 3.58. The van der Waals surface area contributed by atoms with E-state index in [2.05, 4.69) is 10.5 Å². The van der Waals surface area contributed by atoms with Crippen molar-refractivity contribution in [2.45, 2.75) is 19.8 Å². The van der Waals surface area contributed by atoms with Gasteiger partial charge in [0, 0.05) is 0 Å². The fourth-order valence-electron chi connectivity index (χ4n) is 1.37. The van der Waals surface area contributed by atoms with Crippen LogP contribution in [0.25, 0.3) is 0 Å². The summed E-state index contributed by atoms with van der Waals surface area (Å²) in [6.45, 7) is 1.88. The zero-order valence-electron chi connectivity index (χ0n) is 8.00. The smallest absolute Gasteiger partial charge is 0.267 e. The third-order valence-electron chi connectivity index (χ3n) is 2.12. The van der Waals surface area contributed by atoms with Crippen LogP contribution in [-0.2, 0) is 4.79 Å². The van der Waals surface area contributed by atoms with Crippen molar-refractivity contribution in [3.8, 4) is 0 Å². The van der Waals surface area contributed by atoms with Crippen molar-refractivity contribution < 1.29 is 4.79 Å². The normalized spacial score (nSPS) is 23.2. The van der Waals surface area contributed by atoms with E-state index in [1.807, 2.05) is 6.92 Å². The number of hydrazone groups is 1. The Labute approximate surface area is 91.8 Å². The Balaban J connectivity index is 2.27. The van der Waals surface area contributed by atoms with Crippen LogP contribution in [0.4, 0.5) is 0 Å². The van der Waals surface area contributed by atoms with Gasteiger partial charge in [-0.25, -0.2) is 5.43 Å². The Bertz CT molecular complexity index is 313. The van der Waals surface area contributed by atoms with Crippen LogP contribution in [0.1, 0.15) is 19.8 Å². The second-order valence-corrected chi connectivity index (χ2v) is 5.67. The minimum absolute atomic E-state index is 0.0422. The zero-order chi connectivity index (χ0) is 9.97. The van der Waals surface area contributed by atoms with E-state index >= 15 is 0 Å². The number of hydrogen-bond acceptors (Lipinski definition) is 4. The maximum Gasteiger partial charge on any atom is 0.274 e. The average Bonchev–Trinajstić information content (AvgIpc) is 2.45. The van der Waals surface area contributed by atoms with Crippen LogP contribution in [0.15, 0.2) is 14.9 Å². The molecule has 3 nitrogen and oxygen atoms in total. The van der Waals surface area contributed by atoms with Gasteiger partial charge in [0.25, 0.3) is 5.91 Å². The molecular formula is C9H12N2OS2. The number of nitrogens with zero attached hydrogens (tertiary/aromatic N) is 1. The maximum atomic E-state index is 11.5. The van der Waals surface area contributed by atoms with Crippen LogP contribution in [0.2, 0.25) is 0 Å². The Morgan fingerprint density at radius 2 is 1.93 bits per heavy atom. The number of thioether (sulfide) groups is 2. The lowest BCUT2D eigenvalue weighted by Gasteiger charge is -2.04. The highest BCUT2D eigenvalue weighted by Crippen LogP contribution is 2.37. The first-order valence-corrected chi connectivity index (χ1v) is 6.61. The SMILES string of the molecule is CC1=NNC(=O)C1=C1SCCCCS1. The Hall–Kier alpha value is -0.420. The first-order chi connectivity index (χ1) is 6.79. The zero-order valence-corrected chi connectivity index (χ0v) is 9.63. The molecule has 0 unspecified atom stereocenters. The van der Waals surface area contributed by atoms with Crippen molar-refractivity contribution in [2.24, 2.45) is 5.10 Å². The standard InChI is InChI=1S/C9H12N2OS2/c1-6-7(8(12)11-10-6)9-13-4-2-3-5-14-9/h2-5H2,1H3,(H,11,12). The summed E-state index contributed by atoms with van der Waals surface area (Å²) in [5.74, 6) is 2.19. The summed E-state index contributed by atoms with van der Waals surface area (Å²) in [7, 11) is 0. The molecule has 1 amide bonds. The van der Waals surface area contributed by atoms with E-state index in [4.69, 9.17) is 0 Å². The average molecular weight is 228 g/mol. The third kappa shape index (κ3) is 1.98. The first-order valence-electron chi connectivity index (χ1n) is 4.64. The summed E-state index contributed by atoms with van der Waals surface area (Å²) in [4.78, 5) is 11.5. The molecule has 0 aromatic rings. The lowest BCUT2D eigenvalue weighted by Crippen LogP contribution is -2.13. The quantitative estimate of drug-likeness (QED) is 0.644. The van der Waals surface area contributed by atoms with Crippen LogP contribution >= 0.6 is 23.5 Å². The molecule has 0 saturated carbocycles. The summed E-state index contributed by atoms with van der Waals surface area (Å²) in [5, 5.41) is 3.94. The van der Waals surface area contributed by atoms with Crippen LogP contribution < -0.4 is 5.43 Å². The number of amides is 1. The Morgan fingerprint density at radius 1 is 1.29 bits per heavy atom. The van der Waals surface area contributed by atoms with E-state index in [-0.39, 0.29) is 5.91 Å². The van der Waals surface area contributed by atoms with Gasteiger partial charge in [-0.2, -0.15) is 5.10 Å². The van der Waals surface area contributed by atoms with E-state index in [1.165, 1.54) is 12.8 Å². The summed E-state index contributed by atoms with van der Waals surface area (Å²) < 4.78 is 1.15. The highest BCUT2D eigenvalue weighted by atomic mass is 32.2. The molecule has 0 spiro atoms. The number of nitrogens with one attached hydrogen (secondary N) is 1. The molecule has 0 bridgehead atoms. The number of hydrogen-bond donors (Lipinski definition) is 1. The van der Waals surface area contributed by atoms with Gasteiger partial charge in [0.1, 0.15) is 0 Å². The number of carbonyl (C=O) groups is 1. The second-order valence-electron chi connectivity index (χ2n) is 3.20. The highest BCUT2D eigenvalue weighted by Gasteiger charge is 2.24. The van der Waals surface area contributed by atoms with Gasteiger partial charge in [-0.05, 0) is 31.3 Å². The number of carbonyl (C=O) groups excluding carboxylic acids is 1. The van der Waals surface area contributed by atoms with Crippen LogP contribution in [0, 0.1) is 0 Å². The third-order valence-corrected chi connectivity index (χ3v) is 4.75. The monoisotopic (exact) mass is 228 g/mol. The van der Waals surface area contributed by atoms with Crippen molar-refractivity contribution in [1.29, 1.82) is 0 Å². The van der Waals surface area contributed by atoms with Gasteiger partial charge >= 0.3 is 0 Å². The lowest BCUT2D eigenvalue weighted by molar-refractivity contribution is -0.116. The Kier molecular flexibility index (Phi) is 3.18. The van der Waals surface area contributed by atoms with Gasteiger partial charge in [-0.15, -0.1) is 23.5 Å². The van der Waals surface area contributed by atoms with Crippen molar-refractivity contribution in [1.82, 2.24) is 5.43 Å². The molecule has 5 heteroatoms. The highest BCUT2D eigenvalue weighted by molar-refractivity contribution is 8.22. The second kappa shape index (κ2) is 4.40. The molecule has 0 aromatic carbocycles. The van der Waals surface area contributed by atoms with E-state index in [0.717, 1.165) is 27.0 Å². The van der Waals surface area contributed by atoms with Crippen molar-refractivity contribution in [3.63, 3.8) is 0 Å². The van der Waals surface area contributed by atoms with E-state index in [1.54, 1.807) is 23.5 Å². The molecule has 0 radical (unpaired) electrons. The van der Waals surface area contributed by atoms with Gasteiger partial charge in [0.15, 0.2) is 0 Å². The molecule has 76 valence electrons. The van der Waals surface area contributed by atoms with Gasteiger partial charge < -0.3 is 0 Å². The predicted octanol–water partition coefficient (Wildman–Crippen LogP) is 1.96. The molecule has 2 heterocycles. The molecule has 0 aromatic heterocycles. The molecule has 2 aliphatic heterocycles. The van der Waals surface area contributed by atoms with Crippen LogP contribution in [0.5, 0.6) is 0 Å².